The zero-order chi connectivity index (χ0) is 9.28. The van der Waals surface area contributed by atoms with E-state index in [4.69, 9.17) is 0 Å². The van der Waals surface area contributed by atoms with Gasteiger partial charge in [-0.2, -0.15) is 8.78 Å². The predicted octanol–water partition coefficient (Wildman–Crippen LogP) is 4.01. The van der Waals surface area contributed by atoms with Crippen molar-refractivity contribution in [3.63, 3.8) is 0 Å². The molecule has 0 radical (unpaired) electrons. The summed E-state index contributed by atoms with van der Waals surface area (Å²) >= 11 is 5.62. The van der Waals surface area contributed by atoms with Gasteiger partial charge in [-0.15, -0.1) is 0 Å². The van der Waals surface area contributed by atoms with E-state index in [-0.39, 0.29) is 10.9 Å². The van der Waals surface area contributed by atoms with E-state index in [1.54, 1.807) is 0 Å². The molecule has 0 N–H and O–H groups in total. The maximum atomic E-state index is 12.4. The lowest BCUT2D eigenvalue weighted by molar-refractivity contribution is 0.109. The molecule has 0 fully saturated rings. The van der Waals surface area contributed by atoms with Gasteiger partial charge in [0.2, 0.25) is 0 Å². The topological polar surface area (TPSA) is 0 Å². The average molecular weight is 310 g/mol. The minimum absolute atomic E-state index is 0.0376. The van der Waals surface area contributed by atoms with Gasteiger partial charge < -0.3 is 0 Å². The molecule has 0 aromatic heterocycles. The molecule has 0 amide bonds. The number of hydrogen-bond donors (Lipinski definition) is 0. The molecule has 1 atom stereocenters. The Balaban J connectivity index is 3.99. The van der Waals surface area contributed by atoms with Gasteiger partial charge in [0.05, 0.1) is 8.07 Å². The summed E-state index contributed by atoms with van der Waals surface area (Å²) < 4.78 is 24.8. The summed E-state index contributed by atoms with van der Waals surface area (Å²) in [6, 6.07) is 0. The molecule has 0 nitrogen and oxygen atoms in total. The van der Waals surface area contributed by atoms with Crippen LogP contribution in [0.1, 0.15) is 6.42 Å². The normalized spacial score (nSPS) is 16.6. The van der Waals surface area contributed by atoms with Crippen molar-refractivity contribution in [1.82, 2.24) is 0 Å². The van der Waals surface area contributed by atoms with Crippen LogP contribution in [0.3, 0.4) is 0 Å². The van der Waals surface area contributed by atoms with E-state index in [1.807, 2.05) is 0 Å². The lowest BCUT2D eigenvalue weighted by Crippen LogP contribution is -2.36. The van der Waals surface area contributed by atoms with Gasteiger partial charge in [-0.3, -0.25) is 0 Å². The number of alkyl halides is 4. The third-order valence-electron chi connectivity index (χ3n) is 1.35. The van der Waals surface area contributed by atoms with Gasteiger partial charge in [-0.1, -0.05) is 35.6 Å². The molecule has 0 heterocycles. The summed E-state index contributed by atoms with van der Waals surface area (Å²) in [5.74, 6) is 0. The van der Waals surface area contributed by atoms with Crippen LogP contribution in [-0.2, 0) is 0 Å². The molecule has 11 heavy (non-hydrogen) atoms. The van der Waals surface area contributed by atoms with E-state index in [2.05, 4.69) is 51.5 Å². The summed E-state index contributed by atoms with van der Waals surface area (Å²) in [4.78, 5) is -2.72. The van der Waals surface area contributed by atoms with Crippen LogP contribution in [0.15, 0.2) is 0 Å². The molecule has 0 aliphatic carbocycles. The van der Waals surface area contributed by atoms with E-state index in [9.17, 15) is 8.78 Å². The van der Waals surface area contributed by atoms with Crippen LogP contribution in [0.4, 0.5) is 8.78 Å². The molecule has 0 bridgehead atoms. The first kappa shape index (κ1) is 12.0. The van der Waals surface area contributed by atoms with Crippen LogP contribution in [0, 0.1) is 0 Å². The molecule has 0 spiro atoms. The van der Waals surface area contributed by atoms with E-state index in [1.165, 1.54) is 0 Å². The van der Waals surface area contributed by atoms with Gasteiger partial charge in [-0.25, -0.2) is 0 Å². The molecular formula is C6H12Br2F2Si. The van der Waals surface area contributed by atoms with Crippen LogP contribution in [0.25, 0.3) is 0 Å². The van der Waals surface area contributed by atoms with Gasteiger partial charge in [0.15, 0.2) is 0 Å². The largest absolute Gasteiger partial charge is 0.302 e. The van der Waals surface area contributed by atoms with E-state index < -0.39 is 12.9 Å². The molecule has 0 aromatic carbocycles. The van der Waals surface area contributed by atoms with E-state index in [0.717, 1.165) is 0 Å². The van der Waals surface area contributed by atoms with Gasteiger partial charge in [0, 0.05) is 10.9 Å². The van der Waals surface area contributed by atoms with Crippen molar-refractivity contribution in [3.8, 4) is 0 Å². The van der Waals surface area contributed by atoms with Crippen LogP contribution in [0.2, 0.25) is 19.6 Å². The Morgan fingerprint density at radius 1 is 1.36 bits per heavy atom. The standard InChI is InChI=1S/C6H12Br2F2Si/c1-11(2,3)5(7)4-6(8,9)10/h5H,4H2,1-3H3/t5-/m0/s1. The third kappa shape index (κ3) is 6.22. The van der Waals surface area contributed by atoms with Crippen LogP contribution in [-0.4, -0.2) is 17.4 Å². The zero-order valence-electron chi connectivity index (χ0n) is 6.80. The maximum absolute atomic E-state index is 12.4. The molecule has 0 aliphatic rings. The monoisotopic (exact) mass is 308 g/mol. The fraction of sp³-hybridized carbons (Fsp3) is 1.00. The highest BCUT2D eigenvalue weighted by molar-refractivity contribution is 9.10. The number of rotatable bonds is 3. The van der Waals surface area contributed by atoms with E-state index in [0.29, 0.717) is 0 Å². The highest BCUT2D eigenvalue weighted by atomic mass is 79.9. The first-order valence-corrected chi connectivity index (χ1v) is 8.62. The van der Waals surface area contributed by atoms with Crippen LogP contribution < -0.4 is 0 Å². The SMILES string of the molecule is C[Si](C)(C)[C@H](Br)CC(F)(F)Br. The molecule has 0 saturated carbocycles. The quantitative estimate of drug-likeness (QED) is 0.546. The second-order valence-electron chi connectivity index (χ2n) is 3.65. The summed E-state index contributed by atoms with van der Waals surface area (Å²) in [6.45, 7) is 6.18. The maximum Gasteiger partial charge on any atom is 0.302 e. The first-order valence-electron chi connectivity index (χ1n) is 3.34. The second-order valence-corrected chi connectivity index (χ2v) is 12.2. The average Bonchev–Trinajstić information content (AvgIpc) is 1.56. The molecule has 68 valence electrons. The van der Waals surface area contributed by atoms with Crippen molar-refractivity contribution >= 4 is 39.9 Å². The Labute approximate surface area is 84.0 Å². The highest BCUT2D eigenvalue weighted by Crippen LogP contribution is 2.33. The summed E-state index contributed by atoms with van der Waals surface area (Å²) in [5.41, 5.74) is 0. The highest BCUT2D eigenvalue weighted by Gasteiger charge is 2.34. The van der Waals surface area contributed by atoms with Crippen molar-refractivity contribution in [3.05, 3.63) is 0 Å². The second kappa shape index (κ2) is 3.83. The smallest absolute Gasteiger partial charge is 0.194 e. The summed E-state index contributed by atoms with van der Waals surface area (Å²) in [7, 11) is -1.46. The van der Waals surface area contributed by atoms with Gasteiger partial charge in [0.25, 0.3) is 0 Å². The number of hydrogen-bond acceptors (Lipinski definition) is 0. The Morgan fingerprint density at radius 3 is 1.82 bits per heavy atom. The molecule has 0 rings (SSSR count). The molecule has 0 aliphatic heterocycles. The first-order chi connectivity index (χ1) is 4.63. The van der Waals surface area contributed by atoms with Crippen molar-refractivity contribution < 1.29 is 8.78 Å². The van der Waals surface area contributed by atoms with Gasteiger partial charge in [-0.05, 0) is 15.9 Å². The molecular weight excluding hydrogens is 298 g/mol. The van der Waals surface area contributed by atoms with Crippen molar-refractivity contribution in [2.45, 2.75) is 35.3 Å². The molecule has 5 heteroatoms. The van der Waals surface area contributed by atoms with Crippen molar-refractivity contribution in [2.24, 2.45) is 0 Å². The fourth-order valence-electron chi connectivity index (χ4n) is 0.509. The Kier molecular flexibility index (Phi) is 4.19. The van der Waals surface area contributed by atoms with E-state index >= 15 is 0 Å². The lowest BCUT2D eigenvalue weighted by atomic mass is 10.5. The third-order valence-corrected chi connectivity index (χ3v) is 8.20. The Bertz CT molecular complexity index is 128. The van der Waals surface area contributed by atoms with Gasteiger partial charge >= 0.3 is 4.83 Å². The predicted molar refractivity (Wildman–Crippen MR) is 54.6 cm³/mol. The minimum atomic E-state index is -2.72. The molecule has 0 saturated heterocycles. The number of halogens is 4. The van der Waals surface area contributed by atoms with Gasteiger partial charge in [0.1, 0.15) is 0 Å². The van der Waals surface area contributed by atoms with Crippen molar-refractivity contribution in [1.29, 1.82) is 0 Å². The molecule has 0 aromatic rings. The van der Waals surface area contributed by atoms with Crippen LogP contribution in [0.5, 0.6) is 0 Å². The lowest BCUT2D eigenvalue weighted by Gasteiger charge is -2.24. The Hall–Kier alpha value is 1.04. The molecule has 0 unspecified atom stereocenters. The summed E-state index contributed by atoms with van der Waals surface area (Å²) in [5, 5.41) is 0. The van der Waals surface area contributed by atoms with Crippen molar-refractivity contribution in [2.75, 3.05) is 0 Å². The fourth-order valence-corrected chi connectivity index (χ4v) is 2.84. The minimum Gasteiger partial charge on any atom is -0.194 e. The zero-order valence-corrected chi connectivity index (χ0v) is 11.0. The summed E-state index contributed by atoms with van der Waals surface area (Å²) in [6.07, 6.45) is -0.122. The van der Waals surface area contributed by atoms with Crippen LogP contribution >= 0.6 is 31.9 Å². The Morgan fingerprint density at radius 2 is 1.73 bits per heavy atom.